The van der Waals surface area contributed by atoms with E-state index in [1.54, 1.807) is 0 Å². The first-order valence-corrected chi connectivity index (χ1v) is 9.65. The molecule has 1 N–H and O–H groups in total. The number of nitrogens with zero attached hydrogens (tertiary/aromatic N) is 3. The zero-order chi connectivity index (χ0) is 19.3. The SMILES string of the molecule is CCCOc1ccc(Cc2ncc(Cc3c[nH]c4ncc(C)cc34)cn2)cc1. The van der Waals surface area contributed by atoms with Gasteiger partial charge in [0, 0.05) is 43.0 Å². The first-order chi connectivity index (χ1) is 13.7. The molecule has 28 heavy (non-hydrogen) atoms. The number of pyridine rings is 1. The van der Waals surface area contributed by atoms with Crippen LogP contribution in [0.25, 0.3) is 11.0 Å². The smallest absolute Gasteiger partial charge is 0.137 e. The molecule has 0 unspecified atom stereocenters. The van der Waals surface area contributed by atoms with Crippen LogP contribution in [0, 0.1) is 6.92 Å². The zero-order valence-corrected chi connectivity index (χ0v) is 16.3. The van der Waals surface area contributed by atoms with Gasteiger partial charge in [0.25, 0.3) is 0 Å². The highest BCUT2D eigenvalue weighted by atomic mass is 16.5. The van der Waals surface area contributed by atoms with Crippen LogP contribution in [0.5, 0.6) is 5.75 Å². The second kappa shape index (κ2) is 8.21. The lowest BCUT2D eigenvalue weighted by Gasteiger charge is -2.06. The molecule has 4 aromatic rings. The number of hydrogen-bond acceptors (Lipinski definition) is 4. The van der Waals surface area contributed by atoms with Gasteiger partial charge < -0.3 is 9.72 Å². The summed E-state index contributed by atoms with van der Waals surface area (Å²) < 4.78 is 5.63. The number of benzene rings is 1. The van der Waals surface area contributed by atoms with E-state index < -0.39 is 0 Å². The maximum atomic E-state index is 5.63. The molecule has 0 radical (unpaired) electrons. The number of fused-ring (bicyclic) bond motifs is 1. The molecule has 0 aliphatic rings. The van der Waals surface area contributed by atoms with Crippen LogP contribution in [-0.4, -0.2) is 26.5 Å². The van der Waals surface area contributed by atoms with E-state index in [-0.39, 0.29) is 0 Å². The summed E-state index contributed by atoms with van der Waals surface area (Å²) in [6, 6.07) is 10.3. The molecule has 5 heteroatoms. The Morgan fingerprint density at radius 3 is 2.46 bits per heavy atom. The Hall–Kier alpha value is -3.21. The predicted molar refractivity (Wildman–Crippen MR) is 111 cm³/mol. The fraction of sp³-hybridized carbons (Fsp3) is 0.261. The van der Waals surface area contributed by atoms with Gasteiger partial charge >= 0.3 is 0 Å². The Balaban J connectivity index is 1.42. The van der Waals surface area contributed by atoms with Crippen LogP contribution in [0.1, 0.15) is 41.4 Å². The van der Waals surface area contributed by atoms with Crippen molar-refractivity contribution in [2.75, 3.05) is 6.61 Å². The minimum absolute atomic E-state index is 0.713. The van der Waals surface area contributed by atoms with Crippen molar-refractivity contribution in [1.82, 2.24) is 19.9 Å². The van der Waals surface area contributed by atoms with E-state index >= 15 is 0 Å². The molecule has 0 aliphatic heterocycles. The number of rotatable bonds is 7. The minimum atomic E-state index is 0.713. The van der Waals surface area contributed by atoms with Gasteiger partial charge in [-0.05, 0) is 53.8 Å². The van der Waals surface area contributed by atoms with Crippen molar-refractivity contribution in [2.24, 2.45) is 0 Å². The molecule has 0 fully saturated rings. The Bertz CT molecular complexity index is 1050. The highest BCUT2D eigenvalue weighted by molar-refractivity contribution is 5.80. The molecule has 0 spiro atoms. The third-order valence-electron chi connectivity index (χ3n) is 4.67. The van der Waals surface area contributed by atoms with Crippen molar-refractivity contribution < 1.29 is 4.74 Å². The van der Waals surface area contributed by atoms with Gasteiger partial charge in [0.1, 0.15) is 17.2 Å². The van der Waals surface area contributed by atoms with Gasteiger partial charge in [-0.3, -0.25) is 0 Å². The molecule has 0 aliphatic carbocycles. The lowest BCUT2D eigenvalue weighted by Crippen LogP contribution is -1.99. The molecule has 142 valence electrons. The first-order valence-electron chi connectivity index (χ1n) is 9.65. The molecule has 4 rings (SSSR count). The van der Waals surface area contributed by atoms with E-state index in [0.717, 1.165) is 53.2 Å². The van der Waals surface area contributed by atoms with Crippen LogP contribution in [0.2, 0.25) is 0 Å². The van der Waals surface area contributed by atoms with Gasteiger partial charge in [-0.1, -0.05) is 19.1 Å². The van der Waals surface area contributed by atoms with Crippen LogP contribution >= 0.6 is 0 Å². The van der Waals surface area contributed by atoms with Crippen molar-refractivity contribution in [3.05, 3.63) is 83.2 Å². The van der Waals surface area contributed by atoms with E-state index in [1.165, 1.54) is 11.1 Å². The number of aromatic nitrogens is 4. The monoisotopic (exact) mass is 372 g/mol. The van der Waals surface area contributed by atoms with Crippen LogP contribution in [0.15, 0.2) is 55.1 Å². The van der Waals surface area contributed by atoms with Gasteiger partial charge in [-0.25, -0.2) is 15.0 Å². The summed E-state index contributed by atoms with van der Waals surface area (Å²) in [5.41, 5.74) is 5.56. The summed E-state index contributed by atoms with van der Waals surface area (Å²) in [7, 11) is 0. The fourth-order valence-electron chi connectivity index (χ4n) is 3.20. The van der Waals surface area contributed by atoms with E-state index in [4.69, 9.17) is 4.74 Å². The van der Waals surface area contributed by atoms with Gasteiger partial charge in [-0.2, -0.15) is 0 Å². The van der Waals surface area contributed by atoms with Crippen LogP contribution in [0.3, 0.4) is 0 Å². The molecule has 3 heterocycles. The fourth-order valence-corrected chi connectivity index (χ4v) is 3.20. The number of nitrogens with one attached hydrogen (secondary N) is 1. The average Bonchev–Trinajstić information content (AvgIpc) is 3.11. The largest absolute Gasteiger partial charge is 0.494 e. The maximum absolute atomic E-state index is 5.63. The number of hydrogen-bond donors (Lipinski definition) is 1. The van der Waals surface area contributed by atoms with E-state index in [2.05, 4.69) is 52.0 Å². The summed E-state index contributed by atoms with van der Waals surface area (Å²) in [5.74, 6) is 1.73. The van der Waals surface area contributed by atoms with E-state index in [0.29, 0.717) is 6.42 Å². The van der Waals surface area contributed by atoms with Crippen molar-refractivity contribution >= 4 is 11.0 Å². The highest BCUT2D eigenvalue weighted by Gasteiger charge is 2.07. The summed E-state index contributed by atoms with van der Waals surface area (Å²) in [4.78, 5) is 16.8. The van der Waals surface area contributed by atoms with Gasteiger partial charge in [0.05, 0.1) is 6.61 Å². The maximum Gasteiger partial charge on any atom is 0.137 e. The quantitative estimate of drug-likeness (QED) is 0.514. The van der Waals surface area contributed by atoms with Crippen molar-refractivity contribution in [1.29, 1.82) is 0 Å². The third-order valence-corrected chi connectivity index (χ3v) is 4.67. The van der Waals surface area contributed by atoms with Crippen LogP contribution < -0.4 is 4.74 Å². The third kappa shape index (κ3) is 4.19. The molecular formula is C23H24N4O. The van der Waals surface area contributed by atoms with Crippen LogP contribution in [-0.2, 0) is 12.8 Å². The van der Waals surface area contributed by atoms with Gasteiger partial charge in [-0.15, -0.1) is 0 Å². The van der Waals surface area contributed by atoms with Gasteiger partial charge in [0.15, 0.2) is 0 Å². The summed E-state index contributed by atoms with van der Waals surface area (Å²) in [6.45, 7) is 4.91. The number of aromatic amines is 1. The molecular weight excluding hydrogens is 348 g/mol. The van der Waals surface area contributed by atoms with Crippen molar-refractivity contribution in [3.63, 3.8) is 0 Å². The van der Waals surface area contributed by atoms with Crippen molar-refractivity contribution in [2.45, 2.75) is 33.1 Å². The number of H-pyrrole nitrogens is 1. The predicted octanol–water partition coefficient (Wildman–Crippen LogP) is 4.63. The molecule has 0 atom stereocenters. The minimum Gasteiger partial charge on any atom is -0.494 e. The van der Waals surface area contributed by atoms with E-state index in [9.17, 15) is 0 Å². The second-order valence-corrected chi connectivity index (χ2v) is 7.08. The second-order valence-electron chi connectivity index (χ2n) is 7.08. The Kier molecular flexibility index (Phi) is 5.33. The lowest BCUT2D eigenvalue weighted by molar-refractivity contribution is 0.317. The Labute approximate surface area is 164 Å². The Morgan fingerprint density at radius 2 is 1.71 bits per heavy atom. The molecule has 0 amide bonds. The molecule has 5 nitrogen and oxygen atoms in total. The molecule has 0 saturated heterocycles. The summed E-state index contributed by atoms with van der Waals surface area (Å²) in [5, 5.41) is 1.16. The molecule has 0 saturated carbocycles. The molecule has 3 aromatic heterocycles. The summed E-state index contributed by atoms with van der Waals surface area (Å²) in [6.07, 6.45) is 10.2. The highest BCUT2D eigenvalue weighted by Crippen LogP contribution is 2.20. The van der Waals surface area contributed by atoms with Crippen LogP contribution in [0.4, 0.5) is 0 Å². The topological polar surface area (TPSA) is 63.7 Å². The normalized spacial score (nSPS) is 11.1. The number of aryl methyl sites for hydroxylation is 1. The molecule has 1 aromatic carbocycles. The van der Waals surface area contributed by atoms with Gasteiger partial charge in [0.2, 0.25) is 0 Å². The number of ether oxygens (including phenoxy) is 1. The zero-order valence-electron chi connectivity index (χ0n) is 16.3. The van der Waals surface area contributed by atoms with Crippen molar-refractivity contribution in [3.8, 4) is 5.75 Å². The summed E-state index contributed by atoms with van der Waals surface area (Å²) >= 11 is 0. The molecule has 0 bridgehead atoms. The first kappa shape index (κ1) is 18.2. The average molecular weight is 372 g/mol. The van der Waals surface area contributed by atoms with E-state index in [1.807, 2.05) is 36.9 Å². The standard InChI is InChI=1S/C23H24N4O/c1-3-8-28-20-6-4-17(5-7-20)11-22-24-13-18(14-25-22)10-19-15-27-23-21(19)9-16(2)12-26-23/h4-7,9,12-15H,3,8,10-11H2,1-2H3,(H,26,27). The Morgan fingerprint density at radius 1 is 0.929 bits per heavy atom. The lowest BCUT2D eigenvalue weighted by atomic mass is 10.1.